The molecule has 2 heterocycles. The highest BCUT2D eigenvalue weighted by atomic mass is 32.2. The fourth-order valence-corrected chi connectivity index (χ4v) is 3.09. The molecule has 3 aromatic rings. The molecule has 126 valence electrons. The molecule has 1 aromatic carbocycles. The van der Waals surface area contributed by atoms with E-state index in [2.05, 4.69) is 15.4 Å². The van der Waals surface area contributed by atoms with Crippen molar-refractivity contribution >= 4 is 11.8 Å². The summed E-state index contributed by atoms with van der Waals surface area (Å²) in [6.45, 7) is 1.17. The molecule has 0 bridgehead atoms. The molecule has 1 N–H and O–H groups in total. The summed E-state index contributed by atoms with van der Waals surface area (Å²) in [6, 6.07) is 11.7. The van der Waals surface area contributed by atoms with Gasteiger partial charge in [-0.05, 0) is 6.42 Å². The zero-order chi connectivity index (χ0) is 16.8. The maximum Gasteiger partial charge on any atom is 0.343 e. The molecule has 3 rings (SSSR count). The molecule has 2 aromatic heterocycles. The summed E-state index contributed by atoms with van der Waals surface area (Å²) in [4.78, 5) is 11.8. The van der Waals surface area contributed by atoms with E-state index in [4.69, 9.17) is 9.26 Å². The van der Waals surface area contributed by atoms with E-state index in [1.165, 1.54) is 11.8 Å². The standard InChI is InChI=1S/C16H18N4O3S/c1-22-9-5-8-20-15(21)17-18-16(20)24-11-13-10-14(19-23-13)12-6-3-2-4-7-12/h2-4,6-7,10H,5,8-9,11H2,1H3,(H,17,21). The fourth-order valence-electron chi connectivity index (χ4n) is 2.24. The number of H-pyrrole nitrogens is 1. The lowest BCUT2D eigenvalue weighted by molar-refractivity contribution is 0.189. The molecular weight excluding hydrogens is 328 g/mol. The lowest BCUT2D eigenvalue weighted by Crippen LogP contribution is -2.18. The molecule has 0 saturated heterocycles. The van der Waals surface area contributed by atoms with Gasteiger partial charge in [0, 0.05) is 31.9 Å². The first-order chi connectivity index (χ1) is 11.8. The minimum Gasteiger partial charge on any atom is -0.385 e. The van der Waals surface area contributed by atoms with Gasteiger partial charge in [0.15, 0.2) is 5.16 Å². The van der Waals surface area contributed by atoms with Gasteiger partial charge < -0.3 is 9.26 Å². The van der Waals surface area contributed by atoms with Crippen molar-refractivity contribution in [3.05, 3.63) is 52.6 Å². The van der Waals surface area contributed by atoms with Crippen LogP contribution in [0.5, 0.6) is 0 Å². The van der Waals surface area contributed by atoms with Crippen molar-refractivity contribution in [1.82, 2.24) is 19.9 Å². The highest BCUT2D eigenvalue weighted by Crippen LogP contribution is 2.24. The first-order valence-corrected chi connectivity index (χ1v) is 8.54. The molecule has 0 unspecified atom stereocenters. The van der Waals surface area contributed by atoms with Crippen molar-refractivity contribution in [2.45, 2.75) is 23.9 Å². The van der Waals surface area contributed by atoms with E-state index < -0.39 is 0 Å². The van der Waals surface area contributed by atoms with Crippen LogP contribution in [0.3, 0.4) is 0 Å². The number of hydrogen-bond acceptors (Lipinski definition) is 6. The minimum absolute atomic E-state index is 0.212. The molecule has 0 atom stereocenters. The van der Waals surface area contributed by atoms with Crippen LogP contribution in [0.1, 0.15) is 12.2 Å². The Morgan fingerprint density at radius 2 is 2.17 bits per heavy atom. The molecule has 0 spiro atoms. The largest absolute Gasteiger partial charge is 0.385 e. The van der Waals surface area contributed by atoms with Gasteiger partial charge in [-0.25, -0.2) is 9.89 Å². The number of hydrogen-bond donors (Lipinski definition) is 1. The lowest BCUT2D eigenvalue weighted by atomic mass is 10.1. The number of rotatable bonds is 8. The molecule has 8 heteroatoms. The Morgan fingerprint density at radius 1 is 1.33 bits per heavy atom. The number of nitrogens with one attached hydrogen (secondary N) is 1. The normalized spacial score (nSPS) is 11.0. The van der Waals surface area contributed by atoms with Gasteiger partial charge in [-0.2, -0.15) is 0 Å². The van der Waals surface area contributed by atoms with Gasteiger partial charge in [-0.1, -0.05) is 47.3 Å². The second kappa shape index (κ2) is 7.98. The Kier molecular flexibility index (Phi) is 5.50. The highest BCUT2D eigenvalue weighted by Gasteiger charge is 2.12. The van der Waals surface area contributed by atoms with Crippen molar-refractivity contribution < 1.29 is 9.26 Å². The highest BCUT2D eigenvalue weighted by molar-refractivity contribution is 7.98. The first-order valence-electron chi connectivity index (χ1n) is 7.56. The van der Waals surface area contributed by atoms with Gasteiger partial charge in [0.1, 0.15) is 11.5 Å². The molecule has 0 aliphatic carbocycles. The zero-order valence-corrected chi connectivity index (χ0v) is 14.1. The van der Waals surface area contributed by atoms with E-state index in [0.717, 1.165) is 23.4 Å². The molecule has 0 aliphatic heterocycles. The Bertz CT molecular complexity index is 825. The van der Waals surface area contributed by atoms with Crippen molar-refractivity contribution in [2.24, 2.45) is 0 Å². The van der Waals surface area contributed by atoms with Crippen LogP contribution < -0.4 is 5.69 Å². The Morgan fingerprint density at radius 3 is 2.96 bits per heavy atom. The molecule has 0 amide bonds. The zero-order valence-electron chi connectivity index (χ0n) is 13.3. The van der Waals surface area contributed by atoms with Crippen molar-refractivity contribution in [1.29, 1.82) is 0 Å². The molecule has 24 heavy (non-hydrogen) atoms. The van der Waals surface area contributed by atoms with E-state index in [-0.39, 0.29) is 5.69 Å². The van der Waals surface area contributed by atoms with Crippen LogP contribution in [-0.4, -0.2) is 33.6 Å². The quantitative estimate of drug-likeness (QED) is 0.498. The number of aromatic nitrogens is 4. The molecule has 0 fully saturated rings. The SMILES string of the molecule is COCCCn1c(SCc2cc(-c3ccccc3)no2)n[nH]c1=O. The van der Waals surface area contributed by atoms with Crippen LogP contribution in [0.4, 0.5) is 0 Å². The average molecular weight is 346 g/mol. The molecular formula is C16H18N4O3S. The van der Waals surface area contributed by atoms with Crippen LogP contribution in [0, 0.1) is 0 Å². The number of thioether (sulfide) groups is 1. The third kappa shape index (κ3) is 3.95. The summed E-state index contributed by atoms with van der Waals surface area (Å²) in [6.07, 6.45) is 0.754. The van der Waals surface area contributed by atoms with E-state index in [1.54, 1.807) is 11.7 Å². The van der Waals surface area contributed by atoms with Crippen LogP contribution >= 0.6 is 11.8 Å². The number of nitrogens with zero attached hydrogens (tertiary/aromatic N) is 3. The Labute approximate surface area is 143 Å². The summed E-state index contributed by atoms with van der Waals surface area (Å²) >= 11 is 1.43. The molecule has 0 aliphatic rings. The average Bonchev–Trinajstić information content (AvgIpc) is 3.22. The van der Waals surface area contributed by atoms with Crippen LogP contribution in [0.25, 0.3) is 11.3 Å². The van der Waals surface area contributed by atoms with E-state index in [0.29, 0.717) is 24.1 Å². The van der Waals surface area contributed by atoms with Crippen LogP contribution in [0.2, 0.25) is 0 Å². The summed E-state index contributed by atoms with van der Waals surface area (Å²) in [7, 11) is 1.64. The van der Waals surface area contributed by atoms with Gasteiger partial charge in [-0.15, -0.1) is 5.10 Å². The second-order valence-corrected chi connectivity index (χ2v) is 6.08. The number of benzene rings is 1. The maximum atomic E-state index is 11.8. The van der Waals surface area contributed by atoms with Crippen LogP contribution in [0.15, 0.2) is 50.9 Å². The van der Waals surface area contributed by atoms with E-state index in [1.807, 2.05) is 36.4 Å². The lowest BCUT2D eigenvalue weighted by Gasteiger charge is -2.03. The summed E-state index contributed by atoms with van der Waals surface area (Å²) in [5.74, 6) is 1.28. The minimum atomic E-state index is -0.212. The number of methoxy groups -OCH3 is 1. The number of ether oxygens (including phenoxy) is 1. The van der Waals surface area contributed by atoms with Gasteiger partial charge >= 0.3 is 5.69 Å². The third-order valence-electron chi connectivity index (χ3n) is 3.43. The first kappa shape index (κ1) is 16.5. The van der Waals surface area contributed by atoms with E-state index in [9.17, 15) is 4.79 Å². The Balaban J connectivity index is 1.64. The van der Waals surface area contributed by atoms with Crippen molar-refractivity contribution in [3.63, 3.8) is 0 Å². The molecule has 7 nitrogen and oxygen atoms in total. The van der Waals surface area contributed by atoms with Crippen LogP contribution in [-0.2, 0) is 17.0 Å². The van der Waals surface area contributed by atoms with Gasteiger partial charge in [-0.3, -0.25) is 4.57 Å². The maximum absolute atomic E-state index is 11.8. The Hall–Kier alpha value is -2.32. The monoisotopic (exact) mass is 346 g/mol. The summed E-state index contributed by atoms with van der Waals surface area (Å²) < 4.78 is 12.0. The van der Waals surface area contributed by atoms with Gasteiger partial charge in [0.05, 0.1) is 5.75 Å². The third-order valence-corrected chi connectivity index (χ3v) is 4.42. The fraction of sp³-hybridized carbons (Fsp3) is 0.312. The molecule has 0 radical (unpaired) electrons. The van der Waals surface area contributed by atoms with Gasteiger partial charge in [0.25, 0.3) is 0 Å². The molecule has 0 saturated carbocycles. The van der Waals surface area contributed by atoms with Crippen molar-refractivity contribution in [3.8, 4) is 11.3 Å². The summed E-state index contributed by atoms with van der Waals surface area (Å²) in [5.41, 5.74) is 1.59. The van der Waals surface area contributed by atoms with Gasteiger partial charge in [0.2, 0.25) is 0 Å². The smallest absolute Gasteiger partial charge is 0.343 e. The topological polar surface area (TPSA) is 85.9 Å². The predicted octanol–water partition coefficient (Wildman–Crippen LogP) is 2.56. The second-order valence-electron chi connectivity index (χ2n) is 5.14. The predicted molar refractivity (Wildman–Crippen MR) is 90.8 cm³/mol. The van der Waals surface area contributed by atoms with E-state index >= 15 is 0 Å². The number of aromatic amines is 1. The van der Waals surface area contributed by atoms with Crippen molar-refractivity contribution in [2.75, 3.05) is 13.7 Å². The summed E-state index contributed by atoms with van der Waals surface area (Å²) in [5, 5.41) is 11.3.